The first-order valence-electron chi connectivity index (χ1n) is 41.9. The average molecular weight is 1570 g/mol. The Hall–Kier alpha value is -9.81. The van der Waals surface area contributed by atoms with Crippen LogP contribution in [0.25, 0.3) is 32.3 Å². The number of benzene rings is 12. The fourth-order valence-corrected chi connectivity index (χ4v) is 12.3. The van der Waals surface area contributed by atoms with E-state index in [0.29, 0.717) is 18.8 Å². The van der Waals surface area contributed by atoms with Crippen molar-refractivity contribution in [1.82, 2.24) is 0 Å². The summed E-state index contributed by atoms with van der Waals surface area (Å²) in [5, 5.41) is 7.69. The molecule has 0 amide bonds. The van der Waals surface area contributed by atoms with Gasteiger partial charge in [-0.1, -0.05) is 332 Å². The van der Waals surface area contributed by atoms with Crippen molar-refractivity contribution >= 4 is 32.3 Å². The van der Waals surface area contributed by atoms with Gasteiger partial charge in [0.1, 0.15) is 11.5 Å². The second-order valence-electron chi connectivity index (χ2n) is 28.3. The molecule has 0 saturated carbocycles. The van der Waals surface area contributed by atoms with Crippen molar-refractivity contribution < 1.29 is 50.4 Å². The minimum atomic E-state index is -2.11. The smallest absolute Gasteiger partial charge is 0.200 e. The average Bonchev–Trinajstić information content (AvgIpc) is 0.797. The third kappa shape index (κ3) is 36.3. The zero-order valence-electron chi connectivity index (χ0n) is 70.6. The molecule has 0 spiro atoms. The molecule has 0 aliphatic rings. The molecule has 0 heterocycles. The molecule has 0 aromatic heterocycles. The van der Waals surface area contributed by atoms with Gasteiger partial charge in [-0.15, -0.1) is 0 Å². The first-order valence-corrected chi connectivity index (χ1v) is 41.9. The number of unbranched alkanes of at least 4 members (excludes halogenated alkanes) is 8. The normalized spacial score (nSPS) is 10.4. The number of halogens is 5. The molecule has 0 aliphatic heterocycles. The molecule has 12 aromatic rings. The summed E-state index contributed by atoms with van der Waals surface area (Å²) in [6, 6.07) is 91.1. The number of hydrogen-bond donors (Lipinski definition) is 0. The molecule has 0 unspecified atom stereocenters. The van der Waals surface area contributed by atoms with E-state index in [0.717, 1.165) is 81.7 Å². The monoisotopic (exact) mass is 1570 g/mol. The molecule has 115 heavy (non-hydrogen) atoms. The van der Waals surface area contributed by atoms with Gasteiger partial charge in [-0.3, -0.25) is 0 Å². The Morgan fingerprint density at radius 2 is 0.687 bits per heavy atom. The Morgan fingerprint density at radius 1 is 0.278 bits per heavy atom. The van der Waals surface area contributed by atoms with Crippen LogP contribution in [0.4, 0.5) is 22.0 Å². The van der Waals surface area contributed by atoms with Crippen molar-refractivity contribution in [1.29, 1.82) is 0 Å². The van der Waals surface area contributed by atoms with Crippen LogP contribution in [0.2, 0.25) is 0 Å². The third-order valence-electron chi connectivity index (χ3n) is 19.2. The molecule has 0 fully saturated rings. The van der Waals surface area contributed by atoms with Gasteiger partial charge in [0.15, 0.2) is 34.8 Å². The Balaban J connectivity index is 0.000000236. The van der Waals surface area contributed by atoms with Gasteiger partial charge in [-0.25, -0.2) is 22.0 Å². The molecule has 0 atom stereocenters. The van der Waals surface area contributed by atoms with Gasteiger partial charge in [-0.05, 0) is 191 Å². The number of rotatable bonds is 34. The molecule has 0 aliphatic carbocycles. The highest BCUT2D eigenvalue weighted by molar-refractivity contribution is 5.86. The van der Waals surface area contributed by atoms with Gasteiger partial charge >= 0.3 is 0 Å². The summed E-state index contributed by atoms with van der Waals surface area (Å²) >= 11 is 0. The van der Waals surface area contributed by atoms with Crippen LogP contribution in [0.1, 0.15) is 215 Å². The van der Waals surface area contributed by atoms with Crippen molar-refractivity contribution in [2.45, 2.75) is 209 Å². The lowest BCUT2D eigenvalue weighted by Gasteiger charge is -2.17. The maximum atomic E-state index is 13.0. The lowest BCUT2D eigenvalue weighted by molar-refractivity contribution is 0.118. The van der Waals surface area contributed by atoms with Gasteiger partial charge in [0, 0.05) is 24.7 Å². The second-order valence-corrected chi connectivity index (χ2v) is 28.3. The first-order chi connectivity index (χ1) is 56.2. The number of methoxy groups -OCH3 is 3. The highest BCUT2D eigenvalue weighted by Crippen LogP contribution is 2.31. The summed E-state index contributed by atoms with van der Waals surface area (Å²) in [6.45, 7) is 21.2. The van der Waals surface area contributed by atoms with Gasteiger partial charge < -0.3 is 28.4 Å². The molecule has 0 N–H and O–H groups in total. The second kappa shape index (κ2) is 58.9. The van der Waals surface area contributed by atoms with E-state index in [1.807, 2.05) is 24.3 Å². The highest BCUT2D eigenvalue weighted by Gasteiger charge is 2.25. The largest absolute Gasteiger partial charge is 0.497 e. The molecule has 0 saturated heterocycles. The summed E-state index contributed by atoms with van der Waals surface area (Å²) in [6.07, 6.45) is 22.7. The topological polar surface area (TPSA) is 55.4 Å². The highest BCUT2D eigenvalue weighted by atomic mass is 19.2. The molecule has 616 valence electrons. The predicted molar refractivity (Wildman–Crippen MR) is 475 cm³/mol. The van der Waals surface area contributed by atoms with Crippen molar-refractivity contribution in [3.05, 3.63) is 334 Å². The quantitative estimate of drug-likeness (QED) is 0.0173. The van der Waals surface area contributed by atoms with Crippen LogP contribution in [-0.4, -0.2) is 41.2 Å². The van der Waals surface area contributed by atoms with E-state index in [2.05, 4.69) is 285 Å². The van der Waals surface area contributed by atoms with Gasteiger partial charge in [0.25, 0.3) is 0 Å². The van der Waals surface area contributed by atoms with Gasteiger partial charge in [-0.2, -0.15) is 0 Å². The van der Waals surface area contributed by atoms with E-state index in [-0.39, 0.29) is 6.42 Å². The summed E-state index contributed by atoms with van der Waals surface area (Å²) in [4.78, 5) is 0. The van der Waals surface area contributed by atoms with E-state index in [9.17, 15) is 22.0 Å². The van der Waals surface area contributed by atoms with E-state index < -0.39 is 34.6 Å². The summed E-state index contributed by atoms with van der Waals surface area (Å²) in [5.41, 5.74) is 8.86. The number of fused-ring (bicyclic) bond motifs is 3. The Bertz CT molecular complexity index is 4420. The molecular weight excluding hydrogens is 1440 g/mol. The van der Waals surface area contributed by atoms with Crippen LogP contribution in [0.3, 0.4) is 0 Å². The number of ether oxygens (including phenoxy) is 6. The van der Waals surface area contributed by atoms with Crippen LogP contribution >= 0.6 is 0 Å². The fraction of sp³-hybridized carbons (Fsp3) is 0.365. The third-order valence-corrected chi connectivity index (χ3v) is 19.2. The van der Waals surface area contributed by atoms with Crippen LogP contribution in [0.5, 0.6) is 23.0 Å². The summed E-state index contributed by atoms with van der Waals surface area (Å²) in [5.74, 6) is -5.21. The molecule has 12 rings (SSSR count). The van der Waals surface area contributed by atoms with Gasteiger partial charge in [0.2, 0.25) is 5.82 Å². The Labute approximate surface area is 686 Å². The van der Waals surface area contributed by atoms with Crippen LogP contribution < -0.4 is 18.9 Å². The Morgan fingerprint density at radius 3 is 1.22 bits per heavy atom. The van der Waals surface area contributed by atoms with Crippen molar-refractivity contribution in [2.24, 2.45) is 0 Å². The predicted octanol–water partition coefficient (Wildman–Crippen LogP) is 30.2. The molecule has 0 radical (unpaired) electrons. The van der Waals surface area contributed by atoms with Crippen LogP contribution in [0, 0.1) is 29.1 Å². The molecular formula is C104H129F5O6. The van der Waals surface area contributed by atoms with Crippen molar-refractivity contribution in [2.75, 3.05) is 41.2 Å². The standard InChI is InChI=1S/C17H20.2C15H18O.C14H16O.C12H18O2.C11H16O.C10H9F5.C10H14/c1-2-3-14-17(15-10-6-4-7-11-15)16-12-8-5-9-13-16;1-2-3-11-16-12-14-9-6-8-13-7-4-5-10-15(13)14;1-2-3-10-16-12-13-8-9-14-6-4-5-7-15(14)11-13;1-2-3-10-15-14-9-8-12-6-4-5-7-13(12)11-14;1-4-5-6-10-7-8-11(13-2)12(9-10)14-3;1-3-4-5-10-6-8-11(12-2)9-7-10;1-2-3-4-5-6(11)8(13)10(15)9(14)7(5)12;1-2-3-7-10-8-5-4-6-9-10/h4-13,17H,2-3,14H2,1H3;4-10H,2-3,11-12H2,1H3;4-9,11H,2-3,10,12H2,1H3;4-9,11H,2-3,10H2,1H3;7-9H,4-6H2,1-3H3;6-9H,3-5H2,1-2H3;2-4H2,1H3;4-6,8-9H,2-3,7H2,1H3. The zero-order chi connectivity index (χ0) is 82.9. The first kappa shape index (κ1) is 95.8. The van der Waals surface area contributed by atoms with Crippen LogP contribution in [0.15, 0.2) is 261 Å². The fourth-order valence-electron chi connectivity index (χ4n) is 12.3. The molecule has 11 heteroatoms. The SMILES string of the molecule is CCCCC(c1ccccc1)c1ccccc1.CCCCOCc1ccc2ccccc2c1.CCCCOCc1cccc2ccccc12.CCCCOc1ccc2ccccc2c1.CCCCc1c(F)c(F)c(F)c(F)c1F.CCCCc1ccc(OC)c(OC)c1.CCCCc1ccc(OC)cc1.CCCCc1ccccc1. The summed E-state index contributed by atoms with van der Waals surface area (Å²) in [7, 11) is 5.02. The van der Waals surface area contributed by atoms with E-state index in [4.69, 9.17) is 28.4 Å². The van der Waals surface area contributed by atoms with Crippen molar-refractivity contribution in [3.8, 4) is 23.0 Å². The molecule has 6 nitrogen and oxygen atoms in total. The summed E-state index contributed by atoms with van der Waals surface area (Å²) < 4.78 is 96.3. The van der Waals surface area contributed by atoms with E-state index in [1.54, 1.807) is 28.3 Å². The minimum absolute atomic E-state index is 0.151. The minimum Gasteiger partial charge on any atom is -0.497 e. The maximum Gasteiger partial charge on any atom is 0.200 e. The van der Waals surface area contributed by atoms with E-state index in [1.165, 1.54) is 161 Å². The number of hydrogen-bond acceptors (Lipinski definition) is 6. The van der Waals surface area contributed by atoms with E-state index >= 15 is 0 Å². The lowest BCUT2D eigenvalue weighted by Crippen LogP contribution is -2.07. The Kier molecular flexibility index (Phi) is 49.1. The number of aryl methyl sites for hydroxylation is 3. The maximum absolute atomic E-state index is 13.0. The molecule has 0 bridgehead atoms. The zero-order valence-corrected chi connectivity index (χ0v) is 70.6. The van der Waals surface area contributed by atoms with Crippen molar-refractivity contribution in [3.63, 3.8) is 0 Å². The van der Waals surface area contributed by atoms with Crippen LogP contribution in [-0.2, 0) is 48.4 Å². The lowest BCUT2D eigenvalue weighted by atomic mass is 9.87. The van der Waals surface area contributed by atoms with Gasteiger partial charge in [0.05, 0.1) is 41.2 Å². The molecule has 12 aromatic carbocycles.